The van der Waals surface area contributed by atoms with Crippen LogP contribution in [0.5, 0.6) is 0 Å². The number of alkyl halides is 1. The van der Waals surface area contributed by atoms with Crippen LogP contribution in [0.4, 0.5) is 9.52 Å². The van der Waals surface area contributed by atoms with E-state index in [9.17, 15) is 9.18 Å². The highest BCUT2D eigenvalue weighted by molar-refractivity contribution is 9.10. The maximum atomic E-state index is 13.0. The van der Waals surface area contributed by atoms with Crippen molar-refractivity contribution in [1.29, 1.82) is 0 Å². The molecule has 1 aromatic heterocycles. The molecule has 1 aromatic carbocycles. The van der Waals surface area contributed by atoms with E-state index in [0.29, 0.717) is 17.1 Å². The molecule has 6 heteroatoms. The zero-order valence-electron chi connectivity index (χ0n) is 9.04. The third-order valence-corrected chi connectivity index (χ3v) is 4.22. The van der Waals surface area contributed by atoms with Crippen molar-refractivity contribution < 1.29 is 9.18 Å². The Morgan fingerprint density at radius 2 is 2.41 bits per heavy atom. The summed E-state index contributed by atoms with van der Waals surface area (Å²) < 4.78 is 13.7. The van der Waals surface area contributed by atoms with Crippen LogP contribution in [0.2, 0.25) is 0 Å². The zero-order valence-corrected chi connectivity index (χ0v) is 11.4. The smallest absolute Gasteiger partial charge is 0.239 e. The van der Waals surface area contributed by atoms with Gasteiger partial charge in [0.1, 0.15) is 5.82 Å². The molecule has 1 atom stereocenters. The molecule has 0 spiro atoms. The van der Waals surface area contributed by atoms with Gasteiger partial charge in [0.15, 0.2) is 5.13 Å². The van der Waals surface area contributed by atoms with Gasteiger partial charge in [0.2, 0.25) is 5.91 Å². The first-order valence-corrected chi connectivity index (χ1v) is 6.84. The fourth-order valence-corrected chi connectivity index (χ4v) is 2.33. The maximum absolute atomic E-state index is 13.0. The molecule has 0 bridgehead atoms. The van der Waals surface area contributed by atoms with Gasteiger partial charge in [-0.05, 0) is 24.6 Å². The van der Waals surface area contributed by atoms with E-state index in [1.54, 1.807) is 6.07 Å². The Kier molecular flexibility index (Phi) is 3.73. The molecule has 1 heterocycles. The molecule has 1 amide bonds. The van der Waals surface area contributed by atoms with E-state index < -0.39 is 0 Å². The molecule has 90 valence electrons. The molecule has 0 aliphatic heterocycles. The van der Waals surface area contributed by atoms with Crippen LogP contribution in [0.3, 0.4) is 0 Å². The number of carbonyl (C=O) groups is 1. The first kappa shape index (κ1) is 12.4. The first-order valence-electron chi connectivity index (χ1n) is 5.11. The van der Waals surface area contributed by atoms with Crippen molar-refractivity contribution >= 4 is 48.5 Å². The van der Waals surface area contributed by atoms with E-state index in [0.717, 1.165) is 4.70 Å². The molecule has 0 radical (unpaired) electrons. The number of nitrogens with one attached hydrogen (secondary N) is 1. The quantitative estimate of drug-likeness (QED) is 0.880. The Balaban J connectivity index is 2.22. The number of nitrogens with zero attached hydrogens (tertiary/aromatic N) is 1. The summed E-state index contributed by atoms with van der Waals surface area (Å²) in [7, 11) is 0. The van der Waals surface area contributed by atoms with Gasteiger partial charge in [0.05, 0.1) is 15.0 Å². The number of hydrogen-bond acceptors (Lipinski definition) is 3. The monoisotopic (exact) mass is 316 g/mol. The van der Waals surface area contributed by atoms with Gasteiger partial charge in [0.25, 0.3) is 0 Å². The molecular weight excluding hydrogens is 307 g/mol. The number of hydrogen-bond donors (Lipinski definition) is 1. The standard InChI is InChI=1S/C11H10BrFN2OS/c1-2-7(12)10(16)15-11-14-8-4-3-6(13)5-9(8)17-11/h3-5,7H,2H2,1H3,(H,14,15,16). The molecule has 2 aromatic rings. The third kappa shape index (κ3) is 2.81. The van der Waals surface area contributed by atoms with Crippen molar-refractivity contribution in [2.24, 2.45) is 0 Å². The molecule has 0 saturated heterocycles. The number of halogens is 2. The highest BCUT2D eigenvalue weighted by Gasteiger charge is 2.14. The molecule has 0 saturated carbocycles. The molecule has 3 nitrogen and oxygen atoms in total. The second-order valence-corrected chi connectivity index (χ2v) is 5.63. The van der Waals surface area contributed by atoms with Gasteiger partial charge in [-0.2, -0.15) is 0 Å². The van der Waals surface area contributed by atoms with Crippen LogP contribution in [0, 0.1) is 5.82 Å². The summed E-state index contributed by atoms with van der Waals surface area (Å²) >= 11 is 4.52. The third-order valence-electron chi connectivity index (χ3n) is 2.22. The van der Waals surface area contributed by atoms with Crippen LogP contribution < -0.4 is 5.32 Å². The van der Waals surface area contributed by atoms with Gasteiger partial charge in [-0.1, -0.05) is 34.2 Å². The predicted octanol–water partition coefficient (Wildman–Crippen LogP) is 3.55. The van der Waals surface area contributed by atoms with Crippen molar-refractivity contribution in [1.82, 2.24) is 4.98 Å². The fourth-order valence-electron chi connectivity index (χ4n) is 1.32. The van der Waals surface area contributed by atoms with Crippen LogP contribution in [-0.4, -0.2) is 15.7 Å². The van der Waals surface area contributed by atoms with E-state index in [2.05, 4.69) is 26.2 Å². The van der Waals surface area contributed by atoms with E-state index in [4.69, 9.17) is 0 Å². The topological polar surface area (TPSA) is 42.0 Å². The minimum Gasteiger partial charge on any atom is -0.301 e. The summed E-state index contributed by atoms with van der Waals surface area (Å²) in [5.74, 6) is -0.432. The normalized spacial score (nSPS) is 12.6. The minimum absolute atomic E-state index is 0.132. The zero-order chi connectivity index (χ0) is 12.4. The van der Waals surface area contributed by atoms with Crippen molar-refractivity contribution in [3.05, 3.63) is 24.0 Å². The number of rotatable bonds is 3. The lowest BCUT2D eigenvalue weighted by Crippen LogP contribution is -2.21. The van der Waals surface area contributed by atoms with Gasteiger partial charge >= 0.3 is 0 Å². The molecule has 0 aliphatic carbocycles. The largest absolute Gasteiger partial charge is 0.301 e. The molecular formula is C11H10BrFN2OS. The number of amides is 1. The Morgan fingerprint density at radius 3 is 3.12 bits per heavy atom. The van der Waals surface area contributed by atoms with Gasteiger partial charge in [-0.15, -0.1) is 0 Å². The lowest BCUT2D eigenvalue weighted by molar-refractivity contribution is -0.115. The second kappa shape index (κ2) is 5.10. The highest BCUT2D eigenvalue weighted by atomic mass is 79.9. The van der Waals surface area contributed by atoms with Crippen molar-refractivity contribution in [3.8, 4) is 0 Å². The van der Waals surface area contributed by atoms with Crippen LogP contribution in [0.15, 0.2) is 18.2 Å². The molecule has 2 rings (SSSR count). The number of benzene rings is 1. The van der Waals surface area contributed by atoms with Crippen molar-refractivity contribution in [3.63, 3.8) is 0 Å². The fraction of sp³-hybridized carbons (Fsp3) is 0.273. The Morgan fingerprint density at radius 1 is 1.65 bits per heavy atom. The van der Waals surface area contributed by atoms with Crippen molar-refractivity contribution in [2.45, 2.75) is 18.2 Å². The second-order valence-electron chi connectivity index (χ2n) is 3.50. The summed E-state index contributed by atoms with van der Waals surface area (Å²) in [5.41, 5.74) is 0.689. The van der Waals surface area contributed by atoms with E-state index in [1.807, 2.05) is 6.92 Å². The number of anilines is 1. The number of carbonyl (C=O) groups excluding carboxylic acids is 1. The van der Waals surface area contributed by atoms with Gasteiger partial charge < -0.3 is 5.32 Å². The lowest BCUT2D eigenvalue weighted by Gasteiger charge is -2.04. The Hall–Kier alpha value is -1.01. The maximum Gasteiger partial charge on any atom is 0.239 e. The van der Waals surface area contributed by atoms with Crippen LogP contribution >= 0.6 is 27.3 Å². The number of aromatic nitrogens is 1. The molecule has 0 aliphatic rings. The SMILES string of the molecule is CCC(Br)C(=O)Nc1nc2ccc(F)cc2s1. The van der Waals surface area contributed by atoms with Crippen molar-refractivity contribution in [2.75, 3.05) is 5.32 Å². The molecule has 0 fully saturated rings. The predicted molar refractivity (Wildman–Crippen MR) is 71.2 cm³/mol. The van der Waals surface area contributed by atoms with Crippen LogP contribution in [-0.2, 0) is 4.79 Å². The van der Waals surface area contributed by atoms with E-state index in [-0.39, 0.29) is 16.6 Å². The lowest BCUT2D eigenvalue weighted by atomic mass is 10.3. The van der Waals surface area contributed by atoms with E-state index in [1.165, 1.54) is 23.5 Å². The molecule has 1 N–H and O–H groups in total. The summed E-state index contributed by atoms with van der Waals surface area (Å²) in [4.78, 5) is 15.6. The summed E-state index contributed by atoms with van der Waals surface area (Å²) in [6.07, 6.45) is 0.700. The van der Waals surface area contributed by atoms with E-state index >= 15 is 0 Å². The molecule has 17 heavy (non-hydrogen) atoms. The minimum atomic E-state index is -0.300. The molecule has 1 unspecified atom stereocenters. The van der Waals surface area contributed by atoms with Gasteiger partial charge in [-0.3, -0.25) is 4.79 Å². The number of fused-ring (bicyclic) bond motifs is 1. The highest BCUT2D eigenvalue weighted by Crippen LogP contribution is 2.26. The Labute approximate surface area is 110 Å². The first-order chi connectivity index (χ1) is 8.10. The summed E-state index contributed by atoms with van der Waals surface area (Å²) in [6.45, 7) is 1.91. The van der Waals surface area contributed by atoms with Gasteiger partial charge in [0, 0.05) is 0 Å². The Bertz CT molecular complexity index is 557. The summed E-state index contributed by atoms with van der Waals surface area (Å²) in [6, 6.07) is 4.36. The van der Waals surface area contributed by atoms with Gasteiger partial charge in [-0.25, -0.2) is 9.37 Å². The van der Waals surface area contributed by atoms with Crippen LogP contribution in [0.1, 0.15) is 13.3 Å². The number of thiazole rings is 1. The average Bonchev–Trinajstić information content (AvgIpc) is 2.69. The average molecular weight is 317 g/mol. The van der Waals surface area contributed by atoms with Crippen LogP contribution in [0.25, 0.3) is 10.2 Å². The summed E-state index contributed by atoms with van der Waals surface area (Å²) in [5, 5.41) is 3.19.